The molecule has 0 saturated heterocycles. The maximum Gasteiger partial charge on any atom is 0.405 e. The average molecular weight is 202 g/mol. The van der Waals surface area contributed by atoms with Crippen LogP contribution >= 0.6 is 0 Å². The Labute approximate surface area is 87.3 Å². The molecule has 1 aliphatic carbocycles. The number of benzene rings is 1. The normalized spacial score (nSPS) is 17.9. The smallest absolute Gasteiger partial charge is 0.405 e. The van der Waals surface area contributed by atoms with Gasteiger partial charge in [-0.05, 0) is 36.1 Å². The van der Waals surface area contributed by atoms with Crippen molar-refractivity contribution in [2.75, 3.05) is 0 Å². The maximum atomic E-state index is 10.6. The van der Waals surface area contributed by atoms with E-state index in [1.165, 1.54) is 0 Å². The number of aryl methyl sites for hydroxylation is 1. The van der Waals surface area contributed by atoms with Crippen molar-refractivity contribution in [1.82, 2.24) is 0 Å². The van der Waals surface area contributed by atoms with Gasteiger partial charge in [-0.15, -0.1) is 0 Å². The van der Waals surface area contributed by atoms with Crippen LogP contribution in [0.3, 0.4) is 0 Å². The summed E-state index contributed by atoms with van der Waals surface area (Å²) in [5.74, 6) is 0. The van der Waals surface area contributed by atoms with Crippen molar-refractivity contribution in [3.05, 3.63) is 34.9 Å². The highest BCUT2D eigenvalue weighted by Crippen LogP contribution is 2.34. The summed E-state index contributed by atoms with van der Waals surface area (Å²) in [5.41, 5.74) is 7.64. The minimum absolute atomic E-state index is 0.245. The lowest BCUT2D eigenvalue weighted by Crippen LogP contribution is -2.15. The molecule has 1 atom stereocenters. The largest absolute Gasteiger partial charge is 0.441 e. The maximum absolute atomic E-state index is 10.6. The van der Waals surface area contributed by atoms with Gasteiger partial charge < -0.3 is 10.5 Å². The lowest BCUT2D eigenvalue weighted by molar-refractivity contribution is 0.107. The van der Waals surface area contributed by atoms with Crippen molar-refractivity contribution in [3.8, 4) is 6.07 Å². The van der Waals surface area contributed by atoms with Gasteiger partial charge >= 0.3 is 6.09 Å². The number of nitrogens with zero attached hydrogens (tertiary/aromatic N) is 1. The van der Waals surface area contributed by atoms with Crippen LogP contribution in [0.25, 0.3) is 0 Å². The first-order chi connectivity index (χ1) is 7.20. The Morgan fingerprint density at radius 3 is 3.07 bits per heavy atom. The summed E-state index contributed by atoms with van der Waals surface area (Å²) in [6, 6.07) is 7.46. The molecule has 0 aliphatic heterocycles. The highest BCUT2D eigenvalue weighted by atomic mass is 16.6. The number of primary amides is 1. The van der Waals surface area contributed by atoms with E-state index in [9.17, 15) is 4.79 Å². The highest BCUT2D eigenvalue weighted by molar-refractivity contribution is 5.65. The van der Waals surface area contributed by atoms with Crippen LogP contribution in [0, 0.1) is 11.3 Å². The molecule has 4 heteroatoms. The topological polar surface area (TPSA) is 76.1 Å². The van der Waals surface area contributed by atoms with Crippen LogP contribution in [0.1, 0.15) is 29.2 Å². The summed E-state index contributed by atoms with van der Waals surface area (Å²) in [5, 5.41) is 8.72. The summed E-state index contributed by atoms with van der Waals surface area (Å²) in [6.45, 7) is 0. The molecule has 0 radical (unpaired) electrons. The van der Waals surface area contributed by atoms with E-state index >= 15 is 0 Å². The van der Waals surface area contributed by atoms with Crippen molar-refractivity contribution in [2.45, 2.75) is 18.9 Å². The molecule has 0 aromatic heterocycles. The monoisotopic (exact) mass is 202 g/mol. The number of nitriles is 1. The van der Waals surface area contributed by atoms with Crippen LogP contribution in [0.4, 0.5) is 4.79 Å². The van der Waals surface area contributed by atoms with Gasteiger partial charge in [0.15, 0.2) is 0 Å². The summed E-state index contributed by atoms with van der Waals surface area (Å²) in [6.07, 6.45) is 0.568. The molecule has 1 aromatic carbocycles. The SMILES string of the molecule is N#Cc1ccc2c(c1)CC[C@H]2OC(N)=O. The van der Waals surface area contributed by atoms with E-state index < -0.39 is 6.09 Å². The molecule has 0 bridgehead atoms. The van der Waals surface area contributed by atoms with Gasteiger partial charge in [0.2, 0.25) is 0 Å². The fraction of sp³-hybridized carbons (Fsp3) is 0.273. The van der Waals surface area contributed by atoms with Crippen LogP contribution in [0.2, 0.25) is 0 Å². The first kappa shape index (κ1) is 9.53. The Morgan fingerprint density at radius 1 is 1.60 bits per heavy atom. The molecular weight excluding hydrogens is 192 g/mol. The third-order valence-electron chi connectivity index (χ3n) is 2.55. The molecule has 1 amide bonds. The van der Waals surface area contributed by atoms with E-state index in [0.29, 0.717) is 5.56 Å². The van der Waals surface area contributed by atoms with Crippen LogP contribution in [0.15, 0.2) is 18.2 Å². The molecule has 15 heavy (non-hydrogen) atoms. The van der Waals surface area contributed by atoms with Crippen molar-refractivity contribution >= 4 is 6.09 Å². The summed E-state index contributed by atoms with van der Waals surface area (Å²) >= 11 is 0. The van der Waals surface area contributed by atoms with Crippen molar-refractivity contribution in [1.29, 1.82) is 5.26 Å². The van der Waals surface area contributed by atoms with E-state index in [2.05, 4.69) is 6.07 Å². The minimum atomic E-state index is -0.753. The first-order valence-electron chi connectivity index (χ1n) is 4.69. The average Bonchev–Trinajstić information content (AvgIpc) is 2.60. The van der Waals surface area contributed by atoms with Gasteiger partial charge in [-0.3, -0.25) is 0 Å². The second-order valence-corrected chi connectivity index (χ2v) is 3.49. The molecule has 1 aliphatic rings. The van der Waals surface area contributed by atoms with Gasteiger partial charge in [0.05, 0.1) is 11.6 Å². The van der Waals surface area contributed by atoms with Crippen LogP contribution in [-0.2, 0) is 11.2 Å². The summed E-state index contributed by atoms with van der Waals surface area (Å²) in [7, 11) is 0. The van der Waals surface area contributed by atoms with Gasteiger partial charge in [-0.2, -0.15) is 5.26 Å². The number of fused-ring (bicyclic) bond motifs is 1. The van der Waals surface area contributed by atoms with Crippen molar-refractivity contribution < 1.29 is 9.53 Å². The second kappa shape index (κ2) is 3.62. The highest BCUT2D eigenvalue weighted by Gasteiger charge is 2.25. The molecule has 76 valence electrons. The minimum Gasteiger partial charge on any atom is -0.441 e. The summed E-state index contributed by atoms with van der Waals surface area (Å²) in [4.78, 5) is 10.6. The summed E-state index contributed by atoms with van der Waals surface area (Å²) < 4.78 is 4.97. The number of carbonyl (C=O) groups is 1. The fourth-order valence-electron chi connectivity index (χ4n) is 1.91. The number of carbonyl (C=O) groups excluding carboxylic acids is 1. The number of nitrogens with two attached hydrogens (primary N) is 1. The van der Waals surface area contributed by atoms with Crippen LogP contribution < -0.4 is 5.73 Å². The molecule has 2 N–H and O–H groups in total. The zero-order chi connectivity index (χ0) is 10.8. The lowest BCUT2D eigenvalue weighted by atomic mass is 10.1. The van der Waals surface area contributed by atoms with E-state index in [4.69, 9.17) is 15.7 Å². The van der Waals surface area contributed by atoms with Crippen LogP contribution in [-0.4, -0.2) is 6.09 Å². The number of ether oxygens (including phenoxy) is 1. The van der Waals surface area contributed by atoms with Gasteiger partial charge in [-0.25, -0.2) is 4.79 Å². The van der Waals surface area contributed by atoms with E-state index in [0.717, 1.165) is 24.0 Å². The Bertz CT molecular complexity index is 448. The fourth-order valence-corrected chi connectivity index (χ4v) is 1.91. The van der Waals surface area contributed by atoms with Gasteiger partial charge in [0, 0.05) is 0 Å². The van der Waals surface area contributed by atoms with Gasteiger partial charge in [-0.1, -0.05) is 6.07 Å². The first-order valence-corrected chi connectivity index (χ1v) is 4.69. The zero-order valence-corrected chi connectivity index (χ0v) is 8.06. The third kappa shape index (κ3) is 1.77. The Kier molecular flexibility index (Phi) is 2.30. The molecule has 0 unspecified atom stereocenters. The van der Waals surface area contributed by atoms with Gasteiger partial charge in [0.1, 0.15) is 6.10 Å². The van der Waals surface area contributed by atoms with Crippen LogP contribution in [0.5, 0.6) is 0 Å². The number of hydrogen-bond acceptors (Lipinski definition) is 3. The Morgan fingerprint density at radius 2 is 2.40 bits per heavy atom. The predicted octanol–water partition coefficient (Wildman–Crippen LogP) is 1.64. The second-order valence-electron chi connectivity index (χ2n) is 3.49. The number of hydrogen-bond donors (Lipinski definition) is 1. The zero-order valence-electron chi connectivity index (χ0n) is 8.06. The quantitative estimate of drug-likeness (QED) is 0.752. The predicted molar refractivity (Wildman–Crippen MR) is 52.9 cm³/mol. The lowest BCUT2D eigenvalue weighted by Gasteiger charge is -2.10. The standard InChI is InChI=1S/C11H10N2O2/c12-6-7-1-3-9-8(5-7)2-4-10(9)15-11(13)14/h1,3,5,10H,2,4H2,(H2,13,14)/t10-/m1/s1. The van der Waals surface area contributed by atoms with E-state index in [-0.39, 0.29) is 6.10 Å². The molecule has 0 saturated carbocycles. The third-order valence-corrected chi connectivity index (χ3v) is 2.55. The van der Waals surface area contributed by atoms with Crippen molar-refractivity contribution in [3.63, 3.8) is 0 Å². The molecular formula is C11H10N2O2. The molecule has 2 rings (SSSR count). The molecule has 0 heterocycles. The Balaban J connectivity index is 2.29. The number of amides is 1. The molecule has 4 nitrogen and oxygen atoms in total. The molecule has 0 spiro atoms. The Hall–Kier alpha value is -2.02. The van der Waals surface area contributed by atoms with E-state index in [1.54, 1.807) is 6.07 Å². The van der Waals surface area contributed by atoms with Crippen molar-refractivity contribution in [2.24, 2.45) is 5.73 Å². The van der Waals surface area contributed by atoms with Gasteiger partial charge in [0.25, 0.3) is 0 Å². The number of rotatable bonds is 1. The molecule has 0 fully saturated rings. The molecule has 1 aromatic rings. The van der Waals surface area contributed by atoms with E-state index in [1.807, 2.05) is 12.1 Å².